The van der Waals surface area contributed by atoms with Crippen LogP contribution in [0.4, 0.5) is 0 Å². The Morgan fingerprint density at radius 3 is 2.38 bits per heavy atom. The molecule has 1 unspecified atom stereocenters. The second-order valence-electron chi connectivity index (χ2n) is 4.61. The van der Waals surface area contributed by atoms with E-state index in [1.165, 1.54) is 45.4 Å². The first-order chi connectivity index (χ1) is 6.31. The van der Waals surface area contributed by atoms with E-state index >= 15 is 0 Å². The Labute approximate surface area is 81.9 Å². The molecule has 2 aliphatic rings. The van der Waals surface area contributed by atoms with E-state index in [9.17, 15) is 0 Å². The molecule has 2 nitrogen and oxygen atoms in total. The van der Waals surface area contributed by atoms with Gasteiger partial charge in [-0.25, -0.2) is 0 Å². The van der Waals surface area contributed by atoms with E-state index in [0.29, 0.717) is 0 Å². The highest BCUT2D eigenvalue weighted by Gasteiger charge is 2.34. The molecule has 1 atom stereocenters. The first-order valence-corrected chi connectivity index (χ1v) is 5.79. The molecule has 2 saturated heterocycles. The van der Waals surface area contributed by atoms with Crippen molar-refractivity contribution in [2.75, 3.05) is 26.2 Å². The smallest absolute Gasteiger partial charge is 0.0350 e. The van der Waals surface area contributed by atoms with Crippen LogP contribution in [0.1, 0.15) is 33.1 Å². The van der Waals surface area contributed by atoms with Crippen molar-refractivity contribution in [3.63, 3.8) is 0 Å². The van der Waals surface area contributed by atoms with Gasteiger partial charge in [0.25, 0.3) is 0 Å². The first-order valence-electron chi connectivity index (χ1n) is 5.79. The van der Waals surface area contributed by atoms with Crippen molar-refractivity contribution in [3.05, 3.63) is 0 Å². The monoisotopic (exact) mass is 182 g/mol. The normalized spacial score (nSPS) is 29.1. The van der Waals surface area contributed by atoms with E-state index in [1.807, 2.05) is 0 Å². The van der Waals surface area contributed by atoms with E-state index in [-0.39, 0.29) is 0 Å². The molecule has 0 amide bonds. The van der Waals surface area contributed by atoms with Crippen LogP contribution in [-0.2, 0) is 0 Å². The standard InChI is InChI=1S/C11H22N2/c1-3-10(2)13-8-11(9-13)12-6-4-5-7-12/h10-11H,3-9H2,1-2H3. The van der Waals surface area contributed by atoms with E-state index in [2.05, 4.69) is 23.6 Å². The number of hydrogen-bond acceptors (Lipinski definition) is 2. The maximum Gasteiger partial charge on any atom is 0.0350 e. The van der Waals surface area contributed by atoms with Crippen LogP contribution < -0.4 is 0 Å². The highest BCUT2D eigenvalue weighted by atomic mass is 15.3. The fourth-order valence-corrected chi connectivity index (χ4v) is 2.44. The Hall–Kier alpha value is -0.0800. The molecule has 0 saturated carbocycles. The molecular weight excluding hydrogens is 160 g/mol. The zero-order chi connectivity index (χ0) is 9.26. The van der Waals surface area contributed by atoms with Gasteiger partial charge in [-0.3, -0.25) is 9.80 Å². The van der Waals surface area contributed by atoms with Gasteiger partial charge in [-0.1, -0.05) is 6.92 Å². The zero-order valence-electron chi connectivity index (χ0n) is 9.00. The van der Waals surface area contributed by atoms with E-state index in [4.69, 9.17) is 0 Å². The van der Waals surface area contributed by atoms with Crippen molar-refractivity contribution in [1.82, 2.24) is 9.80 Å². The lowest BCUT2D eigenvalue weighted by Crippen LogP contribution is -2.60. The summed E-state index contributed by atoms with van der Waals surface area (Å²) in [6.45, 7) is 10.0. The van der Waals surface area contributed by atoms with E-state index in [1.54, 1.807) is 0 Å². The summed E-state index contributed by atoms with van der Waals surface area (Å²) in [5.41, 5.74) is 0. The summed E-state index contributed by atoms with van der Waals surface area (Å²) in [6.07, 6.45) is 4.16. The molecule has 0 radical (unpaired) electrons. The fourth-order valence-electron chi connectivity index (χ4n) is 2.44. The van der Waals surface area contributed by atoms with Crippen LogP contribution in [0.5, 0.6) is 0 Å². The quantitative estimate of drug-likeness (QED) is 0.653. The van der Waals surface area contributed by atoms with Gasteiger partial charge in [-0.2, -0.15) is 0 Å². The van der Waals surface area contributed by atoms with Gasteiger partial charge in [0.1, 0.15) is 0 Å². The third-order valence-electron chi connectivity index (χ3n) is 3.76. The summed E-state index contributed by atoms with van der Waals surface area (Å²) in [6, 6.07) is 1.70. The van der Waals surface area contributed by atoms with E-state index in [0.717, 1.165) is 12.1 Å². The summed E-state index contributed by atoms with van der Waals surface area (Å²) in [5.74, 6) is 0. The molecule has 0 bridgehead atoms. The minimum atomic E-state index is 0.804. The lowest BCUT2D eigenvalue weighted by Gasteiger charge is -2.47. The molecular formula is C11H22N2. The van der Waals surface area contributed by atoms with Gasteiger partial charge in [-0.05, 0) is 39.3 Å². The fraction of sp³-hybridized carbons (Fsp3) is 1.00. The van der Waals surface area contributed by atoms with Crippen molar-refractivity contribution in [2.24, 2.45) is 0 Å². The van der Waals surface area contributed by atoms with Crippen molar-refractivity contribution in [2.45, 2.75) is 45.2 Å². The number of rotatable bonds is 3. The van der Waals surface area contributed by atoms with Crippen molar-refractivity contribution >= 4 is 0 Å². The molecule has 2 rings (SSSR count). The van der Waals surface area contributed by atoms with Gasteiger partial charge in [0.2, 0.25) is 0 Å². The first kappa shape index (κ1) is 9.47. The molecule has 0 spiro atoms. The minimum absolute atomic E-state index is 0.804. The molecule has 2 heteroatoms. The Bertz CT molecular complexity index is 157. The number of likely N-dealkylation sites (tertiary alicyclic amines) is 2. The lowest BCUT2D eigenvalue weighted by molar-refractivity contribution is 0.0196. The van der Waals surface area contributed by atoms with Crippen LogP contribution in [0.3, 0.4) is 0 Å². The van der Waals surface area contributed by atoms with Crippen LogP contribution >= 0.6 is 0 Å². The molecule has 0 aliphatic carbocycles. The molecule has 0 aromatic carbocycles. The predicted octanol–water partition coefficient (Wildman–Crippen LogP) is 1.56. The number of nitrogens with zero attached hydrogens (tertiary/aromatic N) is 2. The molecule has 76 valence electrons. The Morgan fingerprint density at radius 1 is 1.23 bits per heavy atom. The van der Waals surface area contributed by atoms with Gasteiger partial charge in [-0.15, -0.1) is 0 Å². The molecule has 0 N–H and O–H groups in total. The molecule has 2 fully saturated rings. The van der Waals surface area contributed by atoms with Crippen molar-refractivity contribution in [1.29, 1.82) is 0 Å². The summed E-state index contributed by atoms with van der Waals surface area (Å²) in [5, 5.41) is 0. The minimum Gasteiger partial charge on any atom is -0.298 e. The molecule has 2 heterocycles. The summed E-state index contributed by atoms with van der Waals surface area (Å²) >= 11 is 0. The molecule has 0 aromatic heterocycles. The van der Waals surface area contributed by atoms with Gasteiger partial charge >= 0.3 is 0 Å². The van der Waals surface area contributed by atoms with Gasteiger partial charge < -0.3 is 0 Å². The second kappa shape index (κ2) is 3.97. The maximum atomic E-state index is 2.68. The zero-order valence-corrected chi connectivity index (χ0v) is 9.00. The van der Waals surface area contributed by atoms with Crippen LogP contribution in [0.2, 0.25) is 0 Å². The largest absolute Gasteiger partial charge is 0.298 e. The summed E-state index contributed by atoms with van der Waals surface area (Å²) in [4.78, 5) is 5.29. The van der Waals surface area contributed by atoms with Crippen LogP contribution in [-0.4, -0.2) is 48.1 Å². The third-order valence-corrected chi connectivity index (χ3v) is 3.76. The van der Waals surface area contributed by atoms with Crippen LogP contribution in [0.25, 0.3) is 0 Å². The average molecular weight is 182 g/mol. The average Bonchev–Trinajstić information content (AvgIpc) is 2.54. The maximum absolute atomic E-state index is 2.68. The van der Waals surface area contributed by atoms with Crippen molar-refractivity contribution in [3.8, 4) is 0 Å². The lowest BCUT2D eigenvalue weighted by atomic mass is 10.0. The predicted molar refractivity (Wildman–Crippen MR) is 55.9 cm³/mol. The second-order valence-corrected chi connectivity index (χ2v) is 4.61. The topological polar surface area (TPSA) is 6.48 Å². The van der Waals surface area contributed by atoms with E-state index < -0.39 is 0 Å². The van der Waals surface area contributed by atoms with Crippen LogP contribution in [0.15, 0.2) is 0 Å². The molecule has 13 heavy (non-hydrogen) atoms. The Kier molecular flexibility index (Phi) is 2.89. The Balaban J connectivity index is 1.71. The van der Waals surface area contributed by atoms with Crippen LogP contribution in [0, 0.1) is 0 Å². The third kappa shape index (κ3) is 1.89. The highest BCUT2D eigenvalue weighted by molar-refractivity contribution is 4.91. The van der Waals surface area contributed by atoms with Gasteiger partial charge in [0.05, 0.1) is 0 Å². The van der Waals surface area contributed by atoms with Gasteiger partial charge in [0.15, 0.2) is 0 Å². The highest BCUT2D eigenvalue weighted by Crippen LogP contribution is 2.22. The van der Waals surface area contributed by atoms with Crippen molar-refractivity contribution < 1.29 is 0 Å². The summed E-state index contributed by atoms with van der Waals surface area (Å²) < 4.78 is 0. The van der Waals surface area contributed by atoms with Gasteiger partial charge in [0, 0.05) is 25.2 Å². The number of hydrogen-bond donors (Lipinski definition) is 0. The summed E-state index contributed by atoms with van der Waals surface area (Å²) in [7, 11) is 0. The molecule has 2 aliphatic heterocycles. The SMILES string of the molecule is CCC(C)N1CC(N2CCCC2)C1. The Morgan fingerprint density at radius 2 is 1.85 bits per heavy atom. The molecule has 0 aromatic rings.